The number of amides is 1. The second-order valence-corrected chi connectivity index (χ2v) is 7.09. The molecule has 0 saturated heterocycles. The largest absolute Gasteiger partial charge is 0.356 e. The maximum absolute atomic E-state index is 12.0. The van der Waals surface area contributed by atoms with Crippen LogP contribution < -0.4 is 15.4 Å². The number of carbonyl (C=O) groups is 1. The first-order chi connectivity index (χ1) is 9.95. The molecule has 0 fully saturated rings. The van der Waals surface area contributed by atoms with E-state index in [4.69, 9.17) is 0 Å². The minimum atomic E-state index is -3.56. The zero-order chi connectivity index (χ0) is 15.7. The molecular weight excluding hydrogens is 358 g/mol. The van der Waals surface area contributed by atoms with Crippen molar-refractivity contribution in [1.29, 1.82) is 0 Å². The summed E-state index contributed by atoms with van der Waals surface area (Å²) in [4.78, 5) is 11.7. The third-order valence-corrected chi connectivity index (χ3v) is 4.70. The van der Waals surface area contributed by atoms with Crippen LogP contribution in [-0.4, -0.2) is 41.0 Å². The zero-order valence-electron chi connectivity index (χ0n) is 11.9. The molecule has 6 nitrogen and oxygen atoms in total. The average molecular weight is 378 g/mol. The second kappa shape index (κ2) is 9.14. The lowest BCUT2D eigenvalue weighted by molar-refractivity contribution is -0.120. The van der Waals surface area contributed by atoms with Crippen molar-refractivity contribution in [2.24, 2.45) is 0 Å². The number of sulfonamides is 1. The number of benzene rings is 1. The Balaban J connectivity index is 2.34. The van der Waals surface area contributed by atoms with Crippen molar-refractivity contribution in [3.05, 3.63) is 28.7 Å². The number of halogens is 1. The van der Waals surface area contributed by atoms with E-state index in [0.717, 1.165) is 17.4 Å². The van der Waals surface area contributed by atoms with Gasteiger partial charge in [-0.1, -0.05) is 15.9 Å². The fourth-order valence-corrected chi connectivity index (χ4v) is 2.87. The van der Waals surface area contributed by atoms with Gasteiger partial charge >= 0.3 is 0 Å². The van der Waals surface area contributed by atoms with Crippen molar-refractivity contribution in [3.8, 4) is 0 Å². The standard InChI is InChI=1S/C13H20BrN3O3S/c1-15-8-2-9-16-13(18)7-10-17-21(19,20)12-5-3-11(14)4-6-12/h3-6,15,17H,2,7-10H2,1H3,(H,16,18). The van der Waals surface area contributed by atoms with E-state index < -0.39 is 10.0 Å². The van der Waals surface area contributed by atoms with E-state index in [9.17, 15) is 13.2 Å². The van der Waals surface area contributed by atoms with Crippen LogP contribution in [0.1, 0.15) is 12.8 Å². The van der Waals surface area contributed by atoms with Gasteiger partial charge in [-0.2, -0.15) is 0 Å². The Kier molecular flexibility index (Phi) is 7.87. The summed E-state index contributed by atoms with van der Waals surface area (Å²) in [5, 5.41) is 5.71. The van der Waals surface area contributed by atoms with Crippen molar-refractivity contribution in [1.82, 2.24) is 15.4 Å². The molecule has 1 aromatic rings. The SMILES string of the molecule is CNCCCNC(=O)CCNS(=O)(=O)c1ccc(Br)cc1. The third-order valence-electron chi connectivity index (χ3n) is 2.69. The zero-order valence-corrected chi connectivity index (χ0v) is 14.3. The molecule has 8 heteroatoms. The van der Waals surface area contributed by atoms with Gasteiger partial charge in [-0.25, -0.2) is 13.1 Å². The molecule has 3 N–H and O–H groups in total. The molecule has 1 rings (SSSR count). The molecule has 0 aliphatic rings. The van der Waals surface area contributed by atoms with E-state index in [1.807, 2.05) is 7.05 Å². The average Bonchev–Trinajstić information content (AvgIpc) is 2.44. The highest BCUT2D eigenvalue weighted by Crippen LogP contribution is 2.14. The summed E-state index contributed by atoms with van der Waals surface area (Å²) in [6.07, 6.45) is 0.960. The minimum absolute atomic E-state index is 0.0796. The van der Waals surface area contributed by atoms with E-state index in [0.29, 0.717) is 6.54 Å². The molecule has 0 heterocycles. The number of carbonyl (C=O) groups excluding carboxylic acids is 1. The van der Waals surface area contributed by atoms with Crippen molar-refractivity contribution < 1.29 is 13.2 Å². The summed E-state index contributed by atoms with van der Waals surface area (Å²) in [5.41, 5.74) is 0. The van der Waals surface area contributed by atoms with Crippen molar-refractivity contribution >= 4 is 31.9 Å². The normalized spacial score (nSPS) is 11.3. The quantitative estimate of drug-likeness (QED) is 0.556. The smallest absolute Gasteiger partial charge is 0.240 e. The van der Waals surface area contributed by atoms with Crippen LogP contribution in [0.3, 0.4) is 0 Å². The highest BCUT2D eigenvalue weighted by molar-refractivity contribution is 9.10. The molecule has 0 atom stereocenters. The Morgan fingerprint density at radius 2 is 1.81 bits per heavy atom. The Labute approximate surface area is 133 Å². The monoisotopic (exact) mass is 377 g/mol. The van der Waals surface area contributed by atoms with E-state index in [1.54, 1.807) is 12.1 Å². The Bertz CT molecular complexity index is 546. The summed E-state index contributed by atoms with van der Waals surface area (Å²) in [7, 11) is -1.72. The van der Waals surface area contributed by atoms with Gasteiger partial charge < -0.3 is 10.6 Å². The molecule has 1 aromatic carbocycles. The highest BCUT2D eigenvalue weighted by atomic mass is 79.9. The van der Waals surface area contributed by atoms with Crippen molar-refractivity contribution in [2.75, 3.05) is 26.7 Å². The molecular formula is C13H20BrN3O3S. The second-order valence-electron chi connectivity index (χ2n) is 4.41. The molecule has 0 unspecified atom stereocenters. The first kappa shape index (κ1) is 18.1. The fraction of sp³-hybridized carbons (Fsp3) is 0.462. The minimum Gasteiger partial charge on any atom is -0.356 e. The number of hydrogen-bond donors (Lipinski definition) is 3. The van der Waals surface area contributed by atoms with E-state index in [1.165, 1.54) is 12.1 Å². The summed E-state index contributed by atoms with van der Waals surface area (Å²) in [6.45, 7) is 1.49. The van der Waals surface area contributed by atoms with Gasteiger partial charge in [0.25, 0.3) is 0 Å². The van der Waals surface area contributed by atoms with Crippen LogP contribution in [0, 0.1) is 0 Å². The summed E-state index contributed by atoms with van der Waals surface area (Å²) in [6, 6.07) is 6.32. The van der Waals surface area contributed by atoms with Crippen LogP contribution in [0.25, 0.3) is 0 Å². The fourth-order valence-electron chi connectivity index (χ4n) is 1.58. The third kappa shape index (κ3) is 7.03. The lowest BCUT2D eigenvalue weighted by Gasteiger charge is -2.07. The maximum atomic E-state index is 12.0. The van der Waals surface area contributed by atoms with E-state index in [-0.39, 0.29) is 23.8 Å². The van der Waals surface area contributed by atoms with Crippen LogP contribution in [0.15, 0.2) is 33.6 Å². The lowest BCUT2D eigenvalue weighted by Crippen LogP contribution is -2.31. The highest BCUT2D eigenvalue weighted by Gasteiger charge is 2.13. The summed E-state index contributed by atoms with van der Waals surface area (Å²) < 4.78 is 27.1. The molecule has 1 amide bonds. The maximum Gasteiger partial charge on any atom is 0.240 e. The molecule has 118 valence electrons. The van der Waals surface area contributed by atoms with Crippen LogP contribution in [0.5, 0.6) is 0 Å². The van der Waals surface area contributed by atoms with Gasteiger partial charge in [0.1, 0.15) is 0 Å². The topological polar surface area (TPSA) is 87.3 Å². The molecule has 0 saturated carbocycles. The molecule has 0 radical (unpaired) electrons. The molecule has 0 bridgehead atoms. The molecule has 0 aliphatic heterocycles. The summed E-state index contributed by atoms with van der Waals surface area (Å²) in [5.74, 6) is -0.162. The molecule has 0 aromatic heterocycles. The van der Waals surface area contributed by atoms with Crippen molar-refractivity contribution in [2.45, 2.75) is 17.7 Å². The van der Waals surface area contributed by atoms with Crippen LogP contribution in [-0.2, 0) is 14.8 Å². The number of rotatable bonds is 9. The van der Waals surface area contributed by atoms with Gasteiger partial charge in [0.05, 0.1) is 4.90 Å². The number of nitrogens with one attached hydrogen (secondary N) is 3. The van der Waals surface area contributed by atoms with Gasteiger partial charge in [-0.3, -0.25) is 4.79 Å². The number of hydrogen-bond acceptors (Lipinski definition) is 4. The van der Waals surface area contributed by atoms with Crippen LogP contribution in [0.2, 0.25) is 0 Å². The van der Waals surface area contributed by atoms with Gasteiger partial charge in [-0.15, -0.1) is 0 Å². The van der Waals surface area contributed by atoms with Crippen LogP contribution in [0.4, 0.5) is 0 Å². The Hall–Kier alpha value is -0.960. The van der Waals surface area contributed by atoms with Gasteiger partial charge in [0, 0.05) is 24.0 Å². The summed E-state index contributed by atoms with van der Waals surface area (Å²) >= 11 is 3.25. The Morgan fingerprint density at radius 3 is 2.43 bits per heavy atom. The predicted molar refractivity (Wildman–Crippen MR) is 85.5 cm³/mol. The van der Waals surface area contributed by atoms with Gasteiger partial charge in [-0.05, 0) is 44.3 Å². The molecule has 21 heavy (non-hydrogen) atoms. The lowest BCUT2D eigenvalue weighted by atomic mass is 10.3. The van der Waals surface area contributed by atoms with Gasteiger partial charge in [0.2, 0.25) is 15.9 Å². The predicted octanol–water partition coefficient (Wildman–Crippen LogP) is 0.843. The van der Waals surface area contributed by atoms with Gasteiger partial charge in [0.15, 0.2) is 0 Å². The van der Waals surface area contributed by atoms with E-state index >= 15 is 0 Å². The Morgan fingerprint density at radius 1 is 1.14 bits per heavy atom. The van der Waals surface area contributed by atoms with E-state index in [2.05, 4.69) is 31.3 Å². The van der Waals surface area contributed by atoms with Crippen molar-refractivity contribution in [3.63, 3.8) is 0 Å². The first-order valence-corrected chi connectivity index (χ1v) is 8.90. The molecule has 0 spiro atoms. The molecule has 0 aliphatic carbocycles. The first-order valence-electron chi connectivity index (χ1n) is 6.62. The van der Waals surface area contributed by atoms with Crippen LogP contribution >= 0.6 is 15.9 Å².